The van der Waals surface area contributed by atoms with Gasteiger partial charge in [-0.3, -0.25) is 14.4 Å². The van der Waals surface area contributed by atoms with Crippen molar-refractivity contribution in [1.29, 1.82) is 0 Å². The summed E-state index contributed by atoms with van der Waals surface area (Å²) in [5.74, 6) is -1.05. The molecule has 0 spiro atoms. The van der Waals surface area contributed by atoms with Crippen molar-refractivity contribution in [3.63, 3.8) is 0 Å². The van der Waals surface area contributed by atoms with Crippen LogP contribution in [0.3, 0.4) is 0 Å². The average Bonchev–Trinajstić information content (AvgIpc) is 3.28. The Labute approximate surface area is 240 Å². The third kappa shape index (κ3) is 9.59. The predicted molar refractivity (Wildman–Crippen MR) is 150 cm³/mol. The van der Waals surface area contributed by atoms with Gasteiger partial charge in [0, 0.05) is 25.3 Å². The summed E-state index contributed by atoms with van der Waals surface area (Å²) in [5, 5.41) is 8.71. The zero-order valence-electron chi connectivity index (χ0n) is 24.0. The van der Waals surface area contributed by atoms with Crippen LogP contribution in [-0.2, 0) is 29.0 Å². The van der Waals surface area contributed by atoms with Crippen LogP contribution >= 0.6 is 0 Å². The second kappa shape index (κ2) is 13.5. The predicted octanol–water partition coefficient (Wildman–Crippen LogP) is 0.465. The first-order chi connectivity index (χ1) is 19.1. The molecule has 2 saturated heterocycles. The summed E-state index contributed by atoms with van der Waals surface area (Å²) in [7, 11) is -3.45. The minimum absolute atomic E-state index is 0.0127. The van der Waals surface area contributed by atoms with Crippen molar-refractivity contribution in [2.45, 2.75) is 87.5 Å². The highest BCUT2D eigenvalue weighted by Gasteiger charge is 2.44. The number of nitrogens with two attached hydrogens (primary N) is 1. The topological polar surface area (TPSA) is 186 Å². The molecule has 2 aliphatic heterocycles. The van der Waals surface area contributed by atoms with Gasteiger partial charge in [-0.25, -0.2) is 13.2 Å². The maximum Gasteiger partial charge on any atom is 0.408 e. The largest absolute Gasteiger partial charge is 0.491 e. The molecule has 5 N–H and O–H groups in total. The SMILES string of the molecule is CC(C)(C)OC(=O)N[C@H]1CNCC[C@H]2CC[C@@H](C(=O)N[C@@H](CCC(N)=O)COc3cccc(S(C)(=O)=O)c3)N2C1=O. The van der Waals surface area contributed by atoms with E-state index in [1.165, 1.54) is 12.1 Å². The van der Waals surface area contributed by atoms with Gasteiger partial charge < -0.3 is 36.1 Å². The maximum absolute atomic E-state index is 13.6. The van der Waals surface area contributed by atoms with Crippen LogP contribution < -0.4 is 26.4 Å². The number of hydrogen-bond acceptors (Lipinski definition) is 9. The smallest absolute Gasteiger partial charge is 0.408 e. The third-order valence-electron chi connectivity index (χ3n) is 6.82. The minimum atomic E-state index is -3.45. The van der Waals surface area contributed by atoms with Crippen molar-refractivity contribution >= 4 is 33.7 Å². The number of ether oxygens (including phenoxy) is 2. The van der Waals surface area contributed by atoms with Crippen molar-refractivity contribution in [1.82, 2.24) is 20.9 Å². The molecular weight excluding hydrogens is 554 g/mol. The van der Waals surface area contributed by atoms with E-state index in [4.69, 9.17) is 15.2 Å². The lowest BCUT2D eigenvalue weighted by molar-refractivity contribution is -0.142. The molecule has 0 unspecified atom stereocenters. The summed E-state index contributed by atoms with van der Waals surface area (Å²) in [5.41, 5.74) is 4.60. The van der Waals surface area contributed by atoms with Crippen LogP contribution in [0.1, 0.15) is 52.9 Å². The molecule has 2 fully saturated rings. The first kappa shape index (κ1) is 32.1. The molecule has 41 heavy (non-hydrogen) atoms. The van der Waals surface area contributed by atoms with Gasteiger partial charge in [0.05, 0.1) is 10.9 Å². The molecule has 0 bridgehead atoms. The average molecular weight is 596 g/mol. The summed E-state index contributed by atoms with van der Waals surface area (Å²) in [6.07, 6.45) is 2.24. The van der Waals surface area contributed by atoms with Gasteiger partial charge in [-0.2, -0.15) is 0 Å². The standard InChI is InChI=1S/C27H41N5O8S/c1-27(2,3)40-26(36)31-21-15-29-13-12-18-9-10-22(32(18)25(21)35)24(34)30-17(8-11-23(28)33)16-39-19-6-5-7-20(14-19)41(4,37)38/h5-7,14,17-18,21-22,29H,8-13,15-16H2,1-4H3,(H2,28,33)(H,30,34)(H,31,36)/t17-,18+,21-,22-/m0/s1. The van der Waals surface area contributed by atoms with Crippen LogP contribution in [0.15, 0.2) is 29.2 Å². The number of hydrogen-bond donors (Lipinski definition) is 4. The molecule has 0 aromatic heterocycles. The van der Waals surface area contributed by atoms with E-state index in [2.05, 4.69) is 16.0 Å². The number of benzene rings is 1. The molecule has 228 valence electrons. The molecule has 4 amide bonds. The number of alkyl carbamates (subject to hydrolysis) is 1. The number of rotatable bonds is 10. The maximum atomic E-state index is 13.6. The normalized spacial score (nSPS) is 22.1. The number of sulfone groups is 1. The van der Waals surface area contributed by atoms with Gasteiger partial charge >= 0.3 is 6.09 Å². The Bertz CT molecular complexity index is 1230. The van der Waals surface area contributed by atoms with Crippen molar-refractivity contribution < 1.29 is 37.1 Å². The second-order valence-electron chi connectivity index (χ2n) is 11.5. The molecule has 2 aliphatic rings. The second-order valence-corrected chi connectivity index (χ2v) is 13.5. The summed E-state index contributed by atoms with van der Waals surface area (Å²) >= 11 is 0. The van der Waals surface area contributed by atoms with E-state index in [1.807, 2.05) is 0 Å². The van der Waals surface area contributed by atoms with Crippen molar-refractivity contribution in [2.24, 2.45) is 5.73 Å². The van der Waals surface area contributed by atoms with Crippen LogP contribution in [0.5, 0.6) is 5.75 Å². The summed E-state index contributed by atoms with van der Waals surface area (Å²) in [4.78, 5) is 52.7. The number of fused-ring (bicyclic) bond motifs is 1. The van der Waals surface area contributed by atoms with Gasteiger partial charge in [-0.05, 0) is 71.2 Å². The lowest BCUT2D eigenvalue weighted by Crippen LogP contribution is -2.61. The van der Waals surface area contributed by atoms with Gasteiger partial charge in [0.2, 0.25) is 17.7 Å². The van der Waals surface area contributed by atoms with E-state index < -0.39 is 51.5 Å². The van der Waals surface area contributed by atoms with Crippen LogP contribution in [-0.4, -0.2) is 92.9 Å². The summed E-state index contributed by atoms with van der Waals surface area (Å²) in [6.45, 7) is 5.92. The van der Waals surface area contributed by atoms with E-state index >= 15 is 0 Å². The monoisotopic (exact) mass is 595 g/mol. The number of nitrogens with one attached hydrogen (secondary N) is 3. The quantitative estimate of drug-likeness (QED) is 0.298. The third-order valence-corrected chi connectivity index (χ3v) is 7.93. The van der Waals surface area contributed by atoms with E-state index in [1.54, 1.807) is 37.8 Å². The highest BCUT2D eigenvalue weighted by atomic mass is 32.2. The Morgan fingerprint density at radius 2 is 1.93 bits per heavy atom. The lowest BCUT2D eigenvalue weighted by Gasteiger charge is -2.36. The first-order valence-electron chi connectivity index (χ1n) is 13.7. The number of carbonyl (C=O) groups is 4. The fraction of sp³-hybridized carbons (Fsp3) is 0.630. The molecule has 0 radical (unpaired) electrons. The molecule has 4 atom stereocenters. The van der Waals surface area contributed by atoms with E-state index in [9.17, 15) is 27.6 Å². The Morgan fingerprint density at radius 1 is 1.20 bits per heavy atom. The van der Waals surface area contributed by atoms with Crippen molar-refractivity contribution in [2.75, 3.05) is 26.0 Å². The van der Waals surface area contributed by atoms with Gasteiger partial charge in [-0.15, -0.1) is 0 Å². The number of primary amides is 1. The lowest BCUT2D eigenvalue weighted by atomic mass is 10.1. The van der Waals surface area contributed by atoms with Crippen LogP contribution in [0.2, 0.25) is 0 Å². The Morgan fingerprint density at radius 3 is 2.59 bits per heavy atom. The Kier molecular flexibility index (Phi) is 10.6. The molecule has 14 heteroatoms. The van der Waals surface area contributed by atoms with Gasteiger partial charge in [0.1, 0.15) is 30.0 Å². The highest BCUT2D eigenvalue weighted by Crippen LogP contribution is 2.28. The molecule has 3 rings (SSSR count). The molecule has 1 aromatic rings. The van der Waals surface area contributed by atoms with Gasteiger partial charge in [0.25, 0.3) is 0 Å². The van der Waals surface area contributed by atoms with E-state index in [-0.39, 0.29) is 48.6 Å². The first-order valence-corrected chi connectivity index (χ1v) is 15.6. The van der Waals surface area contributed by atoms with E-state index in [0.717, 1.165) is 6.26 Å². The van der Waals surface area contributed by atoms with Crippen LogP contribution in [0.4, 0.5) is 4.79 Å². The van der Waals surface area contributed by atoms with Gasteiger partial charge in [0.15, 0.2) is 9.84 Å². The summed E-state index contributed by atoms with van der Waals surface area (Å²) < 4.78 is 34.9. The molecule has 0 saturated carbocycles. The highest BCUT2D eigenvalue weighted by molar-refractivity contribution is 7.90. The van der Waals surface area contributed by atoms with Crippen LogP contribution in [0.25, 0.3) is 0 Å². The van der Waals surface area contributed by atoms with Crippen molar-refractivity contribution in [3.05, 3.63) is 24.3 Å². The molecule has 1 aromatic carbocycles. The van der Waals surface area contributed by atoms with Gasteiger partial charge in [-0.1, -0.05) is 6.07 Å². The molecular formula is C27H41N5O8S. The zero-order chi connectivity index (χ0) is 30.4. The number of carbonyl (C=O) groups excluding carboxylic acids is 4. The Hall–Kier alpha value is -3.39. The molecule has 2 heterocycles. The molecule has 13 nitrogen and oxygen atoms in total. The zero-order valence-corrected chi connectivity index (χ0v) is 24.8. The number of nitrogens with zero attached hydrogens (tertiary/aromatic N) is 1. The van der Waals surface area contributed by atoms with Crippen molar-refractivity contribution in [3.8, 4) is 5.75 Å². The minimum Gasteiger partial charge on any atom is -0.491 e. The molecule has 0 aliphatic carbocycles. The van der Waals surface area contributed by atoms with Crippen LogP contribution in [0, 0.1) is 0 Å². The Balaban J connectivity index is 1.72. The summed E-state index contributed by atoms with van der Waals surface area (Å²) in [6, 6.07) is 3.45. The number of amides is 4. The van der Waals surface area contributed by atoms with E-state index in [0.29, 0.717) is 25.8 Å². The fourth-order valence-electron chi connectivity index (χ4n) is 4.90. The fourth-order valence-corrected chi connectivity index (χ4v) is 5.56.